The molecule has 0 aromatic heterocycles. The van der Waals surface area contributed by atoms with Crippen LogP contribution in [0.1, 0.15) is 6.42 Å². The quantitative estimate of drug-likeness (QED) is 0.902. The molecular weight excluding hydrogens is 291 g/mol. The Bertz CT molecular complexity index is 397. The second-order valence-corrected chi connectivity index (χ2v) is 5.57. The number of benzene rings is 1. The van der Waals surface area contributed by atoms with Crippen molar-refractivity contribution in [3.63, 3.8) is 0 Å². The van der Waals surface area contributed by atoms with E-state index in [-0.39, 0.29) is 24.4 Å². The van der Waals surface area contributed by atoms with Crippen molar-refractivity contribution in [1.82, 2.24) is 5.32 Å². The van der Waals surface area contributed by atoms with Crippen LogP contribution in [0.4, 0.5) is 5.69 Å². The van der Waals surface area contributed by atoms with Crippen LogP contribution in [0.15, 0.2) is 24.3 Å². The number of hydrogen-bond donors (Lipinski definition) is 2. The highest BCUT2D eigenvalue weighted by molar-refractivity contribution is 7.99. The molecule has 2 N–H and O–H groups in total. The molecule has 1 aromatic carbocycles. The summed E-state index contributed by atoms with van der Waals surface area (Å²) in [7, 11) is 0. The fourth-order valence-corrected chi connectivity index (χ4v) is 2.89. The summed E-state index contributed by atoms with van der Waals surface area (Å²) in [4.78, 5) is 11.8. The second kappa shape index (κ2) is 7.89. The van der Waals surface area contributed by atoms with Gasteiger partial charge < -0.3 is 10.6 Å². The van der Waals surface area contributed by atoms with E-state index in [1.165, 1.54) is 0 Å². The highest BCUT2D eigenvalue weighted by Crippen LogP contribution is 2.16. The zero-order valence-electron chi connectivity index (χ0n) is 9.82. The Kier molecular flexibility index (Phi) is 6.86. The normalized spacial score (nSPS) is 18.8. The fourth-order valence-electron chi connectivity index (χ4n) is 1.75. The highest BCUT2D eigenvalue weighted by Gasteiger charge is 2.16. The van der Waals surface area contributed by atoms with E-state index in [1.54, 1.807) is 12.1 Å². The minimum Gasteiger partial charge on any atom is -0.326 e. The lowest BCUT2D eigenvalue weighted by Gasteiger charge is -2.22. The molecule has 1 heterocycles. The Morgan fingerprint density at radius 2 is 2.39 bits per heavy atom. The summed E-state index contributed by atoms with van der Waals surface area (Å²) in [6.45, 7) is 0.986. The van der Waals surface area contributed by atoms with Crippen LogP contribution >= 0.6 is 35.8 Å². The van der Waals surface area contributed by atoms with Crippen molar-refractivity contribution in [2.45, 2.75) is 12.5 Å². The van der Waals surface area contributed by atoms with E-state index in [4.69, 9.17) is 11.6 Å². The number of amides is 1. The first-order valence-corrected chi connectivity index (χ1v) is 7.14. The van der Waals surface area contributed by atoms with Crippen LogP contribution in [-0.4, -0.2) is 30.0 Å². The number of anilines is 1. The van der Waals surface area contributed by atoms with Crippen LogP contribution in [0.3, 0.4) is 0 Å². The molecule has 1 aliphatic rings. The minimum atomic E-state index is 0. The van der Waals surface area contributed by atoms with Crippen LogP contribution < -0.4 is 10.6 Å². The smallest absolute Gasteiger partial charge is 0.225 e. The molecule has 0 saturated carbocycles. The second-order valence-electron chi connectivity index (χ2n) is 3.99. The molecule has 1 amide bonds. The van der Waals surface area contributed by atoms with Gasteiger partial charge in [0.2, 0.25) is 5.91 Å². The van der Waals surface area contributed by atoms with Gasteiger partial charge in [-0.2, -0.15) is 11.8 Å². The topological polar surface area (TPSA) is 41.1 Å². The molecule has 1 fully saturated rings. The lowest BCUT2D eigenvalue weighted by atomic mass is 10.2. The standard InChI is InChI=1S/C12H15ClN2OS.ClH/c13-9-2-1-3-10(6-9)15-12(16)7-11-8-17-5-4-14-11;/h1-3,6,11,14H,4-5,7-8H2,(H,15,16);1H. The molecule has 1 unspecified atom stereocenters. The maximum Gasteiger partial charge on any atom is 0.225 e. The third kappa shape index (κ3) is 5.06. The molecular formula is C12H16Cl2N2OS. The molecule has 0 spiro atoms. The van der Waals surface area contributed by atoms with Gasteiger partial charge in [-0.3, -0.25) is 4.79 Å². The van der Waals surface area contributed by atoms with Crippen molar-refractivity contribution in [3.8, 4) is 0 Å². The number of thioether (sulfide) groups is 1. The van der Waals surface area contributed by atoms with E-state index < -0.39 is 0 Å². The molecule has 1 aliphatic heterocycles. The van der Waals surface area contributed by atoms with Crippen molar-refractivity contribution >= 4 is 47.4 Å². The molecule has 2 rings (SSSR count). The number of carbonyl (C=O) groups is 1. The Morgan fingerprint density at radius 1 is 1.56 bits per heavy atom. The average Bonchev–Trinajstić information content (AvgIpc) is 2.30. The van der Waals surface area contributed by atoms with Crippen molar-refractivity contribution in [1.29, 1.82) is 0 Å². The van der Waals surface area contributed by atoms with Gasteiger partial charge in [0.1, 0.15) is 0 Å². The molecule has 6 heteroatoms. The van der Waals surface area contributed by atoms with Crippen molar-refractivity contribution in [3.05, 3.63) is 29.3 Å². The first-order chi connectivity index (χ1) is 8.24. The summed E-state index contributed by atoms with van der Waals surface area (Å²) >= 11 is 7.74. The van der Waals surface area contributed by atoms with E-state index in [2.05, 4.69) is 10.6 Å². The van der Waals surface area contributed by atoms with Crippen LogP contribution in [0.2, 0.25) is 5.02 Å². The Morgan fingerprint density at radius 3 is 3.06 bits per heavy atom. The van der Waals surface area contributed by atoms with Gasteiger partial charge in [0.15, 0.2) is 0 Å². The predicted molar refractivity (Wildman–Crippen MR) is 81.1 cm³/mol. The van der Waals surface area contributed by atoms with E-state index >= 15 is 0 Å². The molecule has 0 bridgehead atoms. The van der Waals surface area contributed by atoms with Crippen LogP contribution in [0.5, 0.6) is 0 Å². The summed E-state index contributed by atoms with van der Waals surface area (Å²) in [5.74, 6) is 2.17. The van der Waals surface area contributed by atoms with Gasteiger partial charge in [0.05, 0.1) is 0 Å². The SMILES string of the molecule is Cl.O=C(CC1CSCCN1)Nc1cccc(Cl)c1. The Balaban J connectivity index is 0.00000162. The molecule has 1 saturated heterocycles. The number of halogens is 2. The summed E-state index contributed by atoms with van der Waals surface area (Å²) < 4.78 is 0. The molecule has 0 aliphatic carbocycles. The minimum absolute atomic E-state index is 0. The van der Waals surface area contributed by atoms with Crippen molar-refractivity contribution in [2.24, 2.45) is 0 Å². The molecule has 1 aromatic rings. The van der Waals surface area contributed by atoms with E-state index in [9.17, 15) is 4.79 Å². The zero-order chi connectivity index (χ0) is 12.1. The number of carbonyl (C=O) groups excluding carboxylic acids is 1. The van der Waals surface area contributed by atoms with Crippen molar-refractivity contribution in [2.75, 3.05) is 23.4 Å². The van der Waals surface area contributed by atoms with Gasteiger partial charge >= 0.3 is 0 Å². The first-order valence-electron chi connectivity index (χ1n) is 5.60. The van der Waals surface area contributed by atoms with Crippen LogP contribution in [0.25, 0.3) is 0 Å². The lowest BCUT2D eigenvalue weighted by molar-refractivity contribution is -0.116. The number of nitrogens with one attached hydrogen (secondary N) is 2. The molecule has 100 valence electrons. The van der Waals surface area contributed by atoms with E-state index in [0.717, 1.165) is 23.7 Å². The van der Waals surface area contributed by atoms with Crippen LogP contribution in [-0.2, 0) is 4.79 Å². The number of hydrogen-bond acceptors (Lipinski definition) is 3. The van der Waals surface area contributed by atoms with E-state index in [1.807, 2.05) is 23.9 Å². The lowest BCUT2D eigenvalue weighted by Crippen LogP contribution is -2.39. The van der Waals surface area contributed by atoms with Gasteiger partial charge in [-0.25, -0.2) is 0 Å². The third-order valence-electron chi connectivity index (χ3n) is 2.54. The molecule has 3 nitrogen and oxygen atoms in total. The number of rotatable bonds is 3. The van der Waals surface area contributed by atoms with Crippen LogP contribution in [0, 0.1) is 0 Å². The highest BCUT2D eigenvalue weighted by atomic mass is 35.5. The summed E-state index contributed by atoms with van der Waals surface area (Å²) in [5.41, 5.74) is 0.756. The summed E-state index contributed by atoms with van der Waals surface area (Å²) in [5, 5.41) is 6.83. The van der Waals surface area contributed by atoms with Gasteiger partial charge in [-0.05, 0) is 18.2 Å². The maximum absolute atomic E-state index is 11.8. The fraction of sp³-hybridized carbons (Fsp3) is 0.417. The largest absolute Gasteiger partial charge is 0.326 e. The van der Waals surface area contributed by atoms with E-state index in [0.29, 0.717) is 11.4 Å². The van der Waals surface area contributed by atoms with Crippen molar-refractivity contribution < 1.29 is 4.79 Å². The van der Waals surface area contributed by atoms with Gasteiger partial charge in [0, 0.05) is 41.2 Å². The third-order valence-corrected chi connectivity index (χ3v) is 3.90. The van der Waals surface area contributed by atoms with Gasteiger partial charge in [-0.1, -0.05) is 17.7 Å². The zero-order valence-corrected chi connectivity index (χ0v) is 12.2. The molecule has 1 atom stereocenters. The Hall–Kier alpha value is -0.420. The summed E-state index contributed by atoms with van der Waals surface area (Å²) in [6, 6.07) is 7.49. The maximum atomic E-state index is 11.8. The average molecular weight is 307 g/mol. The monoisotopic (exact) mass is 306 g/mol. The van der Waals surface area contributed by atoms with Gasteiger partial charge in [0.25, 0.3) is 0 Å². The first kappa shape index (κ1) is 15.6. The molecule has 0 radical (unpaired) electrons. The van der Waals surface area contributed by atoms with Gasteiger partial charge in [-0.15, -0.1) is 12.4 Å². The Labute approximate surface area is 122 Å². The summed E-state index contributed by atoms with van der Waals surface area (Å²) in [6.07, 6.45) is 0.513. The predicted octanol–water partition coefficient (Wildman–Crippen LogP) is 2.80. The molecule has 18 heavy (non-hydrogen) atoms.